The first-order valence-electron chi connectivity index (χ1n) is 10.9. The van der Waals surface area contributed by atoms with Crippen molar-refractivity contribution in [1.29, 1.82) is 0 Å². The van der Waals surface area contributed by atoms with Crippen molar-refractivity contribution in [3.63, 3.8) is 0 Å². The average molecular weight is 441 g/mol. The fourth-order valence-corrected chi connectivity index (χ4v) is 4.25. The van der Waals surface area contributed by atoms with E-state index in [1.54, 1.807) is 18.2 Å². The van der Waals surface area contributed by atoms with Gasteiger partial charge in [-0.25, -0.2) is 0 Å². The molecule has 0 unspecified atom stereocenters. The minimum absolute atomic E-state index is 0.0626. The third kappa shape index (κ3) is 5.85. The zero-order valence-corrected chi connectivity index (χ0v) is 18.6. The maximum Gasteiger partial charge on any atom is 0.251 e. The van der Waals surface area contributed by atoms with E-state index in [4.69, 9.17) is 11.6 Å². The van der Waals surface area contributed by atoms with Crippen LogP contribution in [0.2, 0.25) is 5.02 Å². The molecule has 1 saturated carbocycles. The Kier molecular flexibility index (Phi) is 6.90. The highest BCUT2D eigenvalue weighted by atomic mass is 35.5. The number of nitrogens with one attached hydrogen (secondary N) is 2. The van der Waals surface area contributed by atoms with Crippen LogP contribution >= 0.6 is 11.6 Å². The Balaban J connectivity index is 1.26. The van der Waals surface area contributed by atoms with Crippen LogP contribution in [0.1, 0.15) is 41.7 Å². The maximum atomic E-state index is 12.5. The first-order valence-corrected chi connectivity index (χ1v) is 11.3. The second-order valence-corrected chi connectivity index (χ2v) is 8.79. The number of carbonyl (C=O) groups excluding carboxylic acids is 2. The van der Waals surface area contributed by atoms with Crippen LogP contribution in [0, 0.1) is 0 Å². The number of hydrogen-bond donors (Lipinski definition) is 2. The molecular weight excluding hydrogens is 412 g/mol. The number of carbonyl (C=O) groups is 2. The Bertz CT molecular complexity index is 939. The van der Waals surface area contributed by atoms with Crippen LogP contribution < -0.4 is 10.6 Å². The summed E-state index contributed by atoms with van der Waals surface area (Å²) in [5.74, 6) is -0.144. The normalized spacial score (nSPS) is 18.4. The number of rotatable bonds is 7. The molecule has 1 atom stereocenters. The lowest BCUT2D eigenvalue weighted by atomic mass is 10.1. The van der Waals surface area contributed by atoms with Crippen LogP contribution in [0.4, 0.5) is 5.69 Å². The molecule has 6 nitrogen and oxygen atoms in total. The molecule has 4 rings (SSSR count). The van der Waals surface area contributed by atoms with Crippen molar-refractivity contribution in [3.8, 4) is 0 Å². The molecule has 7 heteroatoms. The predicted molar refractivity (Wildman–Crippen MR) is 123 cm³/mol. The van der Waals surface area contributed by atoms with Crippen LogP contribution in [0.15, 0.2) is 48.5 Å². The largest absolute Gasteiger partial charge is 0.349 e. The van der Waals surface area contributed by atoms with E-state index in [0.717, 1.165) is 49.6 Å². The minimum Gasteiger partial charge on any atom is -0.349 e. The molecule has 1 aliphatic heterocycles. The molecule has 31 heavy (non-hydrogen) atoms. The number of anilines is 1. The highest BCUT2D eigenvalue weighted by Gasteiger charge is 2.25. The Hall–Kier alpha value is -2.41. The second-order valence-electron chi connectivity index (χ2n) is 8.39. The van der Waals surface area contributed by atoms with Crippen molar-refractivity contribution in [2.75, 3.05) is 38.0 Å². The van der Waals surface area contributed by atoms with E-state index in [2.05, 4.69) is 33.4 Å². The van der Waals surface area contributed by atoms with E-state index in [0.29, 0.717) is 23.8 Å². The quantitative estimate of drug-likeness (QED) is 0.691. The fraction of sp³-hybridized carbons (Fsp3) is 0.417. The summed E-state index contributed by atoms with van der Waals surface area (Å²) in [7, 11) is 0. The van der Waals surface area contributed by atoms with Crippen LogP contribution in [0.3, 0.4) is 0 Å². The second kappa shape index (κ2) is 9.81. The number of benzene rings is 2. The standard InChI is InChI=1S/C24H29ClN4O2/c1-17(21-7-2-3-8-22(21)25)29-13-11-28(12-14-29)16-23(30)26-20-6-4-5-18(15-20)24(31)27-19-9-10-19/h2-8,15,17,19H,9-14,16H2,1H3,(H,26,30)(H,27,31)/t17-/m1/s1. The van der Waals surface area contributed by atoms with Gasteiger partial charge in [0.25, 0.3) is 5.91 Å². The summed E-state index contributed by atoms with van der Waals surface area (Å²) in [6.45, 7) is 5.94. The fourth-order valence-electron chi connectivity index (χ4n) is 3.96. The highest BCUT2D eigenvalue weighted by Crippen LogP contribution is 2.27. The van der Waals surface area contributed by atoms with Gasteiger partial charge in [-0.15, -0.1) is 0 Å². The van der Waals surface area contributed by atoms with Gasteiger partial charge in [-0.3, -0.25) is 19.4 Å². The van der Waals surface area contributed by atoms with Gasteiger partial charge in [-0.1, -0.05) is 35.9 Å². The van der Waals surface area contributed by atoms with E-state index in [1.165, 1.54) is 0 Å². The van der Waals surface area contributed by atoms with Crippen molar-refractivity contribution < 1.29 is 9.59 Å². The van der Waals surface area contributed by atoms with Crippen LogP contribution in [0.5, 0.6) is 0 Å². The molecular formula is C24H29ClN4O2. The first-order chi connectivity index (χ1) is 15.0. The molecule has 1 saturated heterocycles. The Morgan fingerprint density at radius 1 is 1.06 bits per heavy atom. The predicted octanol–water partition coefficient (Wildman–Crippen LogP) is 3.55. The number of amides is 2. The maximum absolute atomic E-state index is 12.5. The van der Waals surface area contributed by atoms with Gasteiger partial charge in [0, 0.05) is 54.5 Å². The molecule has 2 amide bonds. The highest BCUT2D eigenvalue weighted by molar-refractivity contribution is 6.31. The average Bonchev–Trinajstić information content (AvgIpc) is 3.58. The summed E-state index contributed by atoms with van der Waals surface area (Å²) >= 11 is 6.36. The van der Waals surface area contributed by atoms with Crippen molar-refractivity contribution in [1.82, 2.24) is 15.1 Å². The zero-order chi connectivity index (χ0) is 21.8. The Morgan fingerprint density at radius 2 is 1.81 bits per heavy atom. The van der Waals surface area contributed by atoms with Crippen molar-refractivity contribution in [3.05, 3.63) is 64.7 Å². The third-order valence-corrected chi connectivity index (χ3v) is 6.34. The van der Waals surface area contributed by atoms with Gasteiger partial charge in [0.05, 0.1) is 6.54 Å². The number of hydrogen-bond acceptors (Lipinski definition) is 4. The van der Waals surface area contributed by atoms with Crippen LogP contribution in [0.25, 0.3) is 0 Å². The lowest BCUT2D eigenvalue weighted by Crippen LogP contribution is -2.49. The zero-order valence-electron chi connectivity index (χ0n) is 17.8. The molecule has 2 aromatic carbocycles. The molecule has 164 valence electrons. The van der Waals surface area contributed by atoms with E-state index in [-0.39, 0.29) is 17.9 Å². The molecule has 2 fully saturated rings. The van der Waals surface area contributed by atoms with Gasteiger partial charge < -0.3 is 10.6 Å². The number of nitrogens with zero attached hydrogens (tertiary/aromatic N) is 2. The van der Waals surface area contributed by atoms with Gasteiger partial charge in [0.1, 0.15) is 0 Å². The van der Waals surface area contributed by atoms with Gasteiger partial charge in [0.2, 0.25) is 5.91 Å². The molecule has 1 aliphatic carbocycles. The van der Waals surface area contributed by atoms with Crippen molar-refractivity contribution in [2.24, 2.45) is 0 Å². The summed E-state index contributed by atoms with van der Waals surface area (Å²) in [5, 5.41) is 6.70. The summed E-state index contributed by atoms with van der Waals surface area (Å²) in [4.78, 5) is 29.3. The smallest absolute Gasteiger partial charge is 0.251 e. The van der Waals surface area contributed by atoms with E-state index < -0.39 is 0 Å². The third-order valence-electron chi connectivity index (χ3n) is 6.00. The summed E-state index contributed by atoms with van der Waals surface area (Å²) < 4.78 is 0. The van der Waals surface area contributed by atoms with E-state index >= 15 is 0 Å². The van der Waals surface area contributed by atoms with Crippen LogP contribution in [-0.4, -0.2) is 60.4 Å². The van der Waals surface area contributed by atoms with Gasteiger partial charge in [-0.2, -0.15) is 0 Å². The molecule has 1 heterocycles. The molecule has 2 aliphatic rings. The topological polar surface area (TPSA) is 64.7 Å². The molecule has 2 N–H and O–H groups in total. The monoisotopic (exact) mass is 440 g/mol. The molecule has 0 aromatic heterocycles. The number of piperazine rings is 1. The summed E-state index contributed by atoms with van der Waals surface area (Å²) in [6.07, 6.45) is 2.10. The lowest BCUT2D eigenvalue weighted by molar-refractivity contribution is -0.117. The van der Waals surface area contributed by atoms with Crippen LogP contribution in [-0.2, 0) is 4.79 Å². The van der Waals surface area contributed by atoms with Crippen molar-refractivity contribution in [2.45, 2.75) is 31.8 Å². The van der Waals surface area contributed by atoms with E-state index in [1.807, 2.05) is 24.3 Å². The summed E-state index contributed by atoms with van der Waals surface area (Å²) in [5.41, 5.74) is 2.37. The first kappa shape index (κ1) is 21.8. The lowest BCUT2D eigenvalue weighted by Gasteiger charge is -2.38. The van der Waals surface area contributed by atoms with Gasteiger partial charge in [-0.05, 0) is 49.6 Å². The molecule has 2 aromatic rings. The number of halogens is 1. The Labute approximate surface area is 188 Å². The minimum atomic E-state index is -0.0811. The Morgan fingerprint density at radius 3 is 2.52 bits per heavy atom. The van der Waals surface area contributed by atoms with E-state index in [9.17, 15) is 9.59 Å². The van der Waals surface area contributed by atoms with Gasteiger partial charge >= 0.3 is 0 Å². The molecule has 0 radical (unpaired) electrons. The van der Waals surface area contributed by atoms with Gasteiger partial charge in [0.15, 0.2) is 0 Å². The summed E-state index contributed by atoms with van der Waals surface area (Å²) in [6, 6.07) is 15.6. The molecule has 0 spiro atoms. The SMILES string of the molecule is C[C@H](c1ccccc1Cl)N1CCN(CC(=O)Nc2cccc(C(=O)NC3CC3)c2)CC1. The molecule has 0 bridgehead atoms. The van der Waals surface area contributed by atoms with Crippen molar-refractivity contribution >= 4 is 29.1 Å².